The molecule has 0 amide bonds. The molecule has 2 rings (SSSR count). The largest absolute Gasteiger partial charge is 0.304 e. The molecule has 1 aromatic heterocycles. The second kappa shape index (κ2) is 6.59. The lowest BCUT2D eigenvalue weighted by atomic mass is 10.3. The predicted molar refractivity (Wildman–Crippen MR) is 73.9 cm³/mol. The van der Waals surface area contributed by atoms with Gasteiger partial charge in [-0.15, -0.1) is 11.8 Å². The van der Waals surface area contributed by atoms with Gasteiger partial charge in [-0.2, -0.15) is 0 Å². The van der Waals surface area contributed by atoms with E-state index in [0.717, 1.165) is 22.3 Å². The van der Waals surface area contributed by atoms with Gasteiger partial charge in [0.25, 0.3) is 0 Å². The summed E-state index contributed by atoms with van der Waals surface area (Å²) < 4.78 is 0. The Morgan fingerprint density at radius 2 is 2.12 bits per heavy atom. The minimum atomic E-state index is 0.760. The number of pyridine rings is 1. The van der Waals surface area contributed by atoms with Crippen LogP contribution in [0, 0.1) is 0 Å². The van der Waals surface area contributed by atoms with Gasteiger partial charge >= 0.3 is 0 Å². The summed E-state index contributed by atoms with van der Waals surface area (Å²) in [6.07, 6.45) is 1.80. The van der Waals surface area contributed by atoms with Gasteiger partial charge in [0.15, 0.2) is 0 Å². The van der Waals surface area contributed by atoms with E-state index in [-0.39, 0.29) is 0 Å². The minimum Gasteiger partial charge on any atom is -0.304 e. The third-order valence-electron chi connectivity index (χ3n) is 2.97. The quantitative estimate of drug-likeness (QED) is 0.781. The van der Waals surface area contributed by atoms with E-state index in [1.165, 1.54) is 26.2 Å². The van der Waals surface area contributed by atoms with E-state index in [9.17, 15) is 0 Å². The fourth-order valence-electron chi connectivity index (χ4n) is 1.82. The van der Waals surface area contributed by atoms with E-state index >= 15 is 0 Å². The maximum atomic E-state index is 6.06. The fourth-order valence-corrected chi connectivity index (χ4v) is 2.99. The van der Waals surface area contributed by atoms with Crippen molar-refractivity contribution in [3.8, 4) is 0 Å². The molecule has 0 aliphatic carbocycles. The van der Waals surface area contributed by atoms with Gasteiger partial charge in [-0.1, -0.05) is 11.6 Å². The zero-order chi connectivity index (χ0) is 12.1. The average Bonchev–Trinajstić information content (AvgIpc) is 2.34. The van der Waals surface area contributed by atoms with Crippen LogP contribution in [-0.2, 0) is 0 Å². The van der Waals surface area contributed by atoms with E-state index in [0.29, 0.717) is 0 Å². The topological polar surface area (TPSA) is 19.4 Å². The zero-order valence-corrected chi connectivity index (χ0v) is 11.7. The molecular formula is C12H18ClN3S. The Kier molecular flexibility index (Phi) is 5.10. The highest BCUT2D eigenvalue weighted by molar-refractivity contribution is 7.99. The molecule has 1 aromatic rings. The van der Waals surface area contributed by atoms with E-state index in [2.05, 4.69) is 21.8 Å². The molecule has 0 aromatic carbocycles. The van der Waals surface area contributed by atoms with E-state index < -0.39 is 0 Å². The van der Waals surface area contributed by atoms with E-state index in [1.54, 1.807) is 18.0 Å². The maximum Gasteiger partial charge on any atom is 0.115 e. The van der Waals surface area contributed by atoms with Crippen molar-refractivity contribution in [2.45, 2.75) is 5.03 Å². The number of piperazine rings is 1. The van der Waals surface area contributed by atoms with Crippen LogP contribution in [0.2, 0.25) is 5.02 Å². The molecule has 1 saturated heterocycles. The molecule has 0 radical (unpaired) electrons. The van der Waals surface area contributed by atoms with Crippen molar-refractivity contribution in [1.29, 1.82) is 0 Å². The monoisotopic (exact) mass is 271 g/mol. The molecular weight excluding hydrogens is 254 g/mol. The van der Waals surface area contributed by atoms with Gasteiger partial charge in [-0.3, -0.25) is 4.90 Å². The first-order valence-electron chi connectivity index (χ1n) is 5.90. The summed E-state index contributed by atoms with van der Waals surface area (Å²) in [6, 6.07) is 3.76. The first kappa shape index (κ1) is 13.1. The van der Waals surface area contributed by atoms with Crippen LogP contribution in [0.15, 0.2) is 23.4 Å². The van der Waals surface area contributed by atoms with Crippen molar-refractivity contribution in [3.05, 3.63) is 23.4 Å². The van der Waals surface area contributed by atoms with Crippen molar-refractivity contribution in [1.82, 2.24) is 14.8 Å². The van der Waals surface area contributed by atoms with Crippen LogP contribution >= 0.6 is 23.4 Å². The third-order valence-corrected chi connectivity index (χ3v) is 4.37. The second-order valence-electron chi connectivity index (χ2n) is 4.28. The summed E-state index contributed by atoms with van der Waals surface area (Å²) in [5, 5.41) is 1.71. The van der Waals surface area contributed by atoms with Gasteiger partial charge in [0.05, 0.1) is 5.02 Å². The number of hydrogen-bond donors (Lipinski definition) is 0. The number of likely N-dealkylation sites (N-methyl/N-ethyl adjacent to an activating group) is 1. The first-order valence-corrected chi connectivity index (χ1v) is 7.26. The van der Waals surface area contributed by atoms with Crippen LogP contribution in [0.25, 0.3) is 0 Å². The SMILES string of the molecule is CN1CCN(CCSc2ncccc2Cl)CC1. The smallest absolute Gasteiger partial charge is 0.115 e. The highest BCUT2D eigenvalue weighted by Crippen LogP contribution is 2.23. The van der Waals surface area contributed by atoms with Crippen molar-refractivity contribution in [3.63, 3.8) is 0 Å². The van der Waals surface area contributed by atoms with Crippen LogP contribution in [-0.4, -0.2) is 60.3 Å². The van der Waals surface area contributed by atoms with Gasteiger partial charge in [0.1, 0.15) is 5.03 Å². The Hall–Kier alpha value is -0.290. The Morgan fingerprint density at radius 1 is 1.35 bits per heavy atom. The summed E-state index contributed by atoms with van der Waals surface area (Å²) in [6.45, 7) is 5.81. The summed E-state index contributed by atoms with van der Waals surface area (Å²) in [7, 11) is 2.18. The highest BCUT2D eigenvalue weighted by Gasteiger charge is 2.13. The van der Waals surface area contributed by atoms with Crippen LogP contribution in [0.1, 0.15) is 0 Å². The Labute approximate surface area is 112 Å². The third kappa shape index (κ3) is 4.14. The van der Waals surface area contributed by atoms with Gasteiger partial charge < -0.3 is 4.90 Å². The summed E-state index contributed by atoms with van der Waals surface area (Å²) >= 11 is 7.80. The lowest BCUT2D eigenvalue weighted by molar-refractivity contribution is 0.161. The molecule has 0 N–H and O–H groups in total. The van der Waals surface area contributed by atoms with Crippen molar-refractivity contribution in [2.24, 2.45) is 0 Å². The first-order chi connectivity index (χ1) is 8.25. The number of aromatic nitrogens is 1. The second-order valence-corrected chi connectivity index (χ2v) is 5.77. The van der Waals surface area contributed by atoms with Crippen molar-refractivity contribution >= 4 is 23.4 Å². The van der Waals surface area contributed by atoms with Crippen LogP contribution in [0.3, 0.4) is 0 Å². The van der Waals surface area contributed by atoms with Crippen LogP contribution in [0.5, 0.6) is 0 Å². The molecule has 0 atom stereocenters. The van der Waals surface area contributed by atoms with Crippen molar-refractivity contribution in [2.75, 3.05) is 45.5 Å². The minimum absolute atomic E-state index is 0.760. The normalized spacial score (nSPS) is 18.5. The highest BCUT2D eigenvalue weighted by atomic mass is 35.5. The Balaban J connectivity index is 1.71. The standard InChI is InChI=1S/C12H18ClN3S/c1-15-5-7-16(8-6-15)9-10-17-12-11(13)3-2-4-14-12/h2-4H,5-10H2,1H3. The average molecular weight is 272 g/mol. The van der Waals surface area contributed by atoms with Crippen molar-refractivity contribution < 1.29 is 0 Å². The molecule has 2 heterocycles. The molecule has 0 saturated carbocycles. The summed E-state index contributed by atoms with van der Waals surface area (Å²) in [4.78, 5) is 9.16. The molecule has 1 fully saturated rings. The van der Waals surface area contributed by atoms with Crippen LogP contribution in [0.4, 0.5) is 0 Å². The molecule has 17 heavy (non-hydrogen) atoms. The molecule has 0 unspecified atom stereocenters. The number of hydrogen-bond acceptors (Lipinski definition) is 4. The maximum absolute atomic E-state index is 6.06. The summed E-state index contributed by atoms with van der Waals surface area (Å²) in [5.74, 6) is 1.06. The molecule has 3 nitrogen and oxygen atoms in total. The molecule has 1 aliphatic rings. The molecule has 1 aliphatic heterocycles. The van der Waals surface area contributed by atoms with Gasteiger partial charge in [-0.05, 0) is 19.2 Å². The van der Waals surface area contributed by atoms with E-state index in [1.807, 2.05) is 12.1 Å². The molecule has 5 heteroatoms. The lowest BCUT2D eigenvalue weighted by Gasteiger charge is -2.32. The van der Waals surface area contributed by atoms with Gasteiger partial charge in [0, 0.05) is 44.7 Å². The molecule has 0 bridgehead atoms. The lowest BCUT2D eigenvalue weighted by Crippen LogP contribution is -2.45. The number of nitrogens with zero attached hydrogens (tertiary/aromatic N) is 3. The fraction of sp³-hybridized carbons (Fsp3) is 0.583. The van der Waals surface area contributed by atoms with Crippen LogP contribution < -0.4 is 0 Å². The molecule has 0 spiro atoms. The van der Waals surface area contributed by atoms with Gasteiger partial charge in [-0.25, -0.2) is 4.98 Å². The van der Waals surface area contributed by atoms with Gasteiger partial charge in [0.2, 0.25) is 0 Å². The molecule has 94 valence electrons. The predicted octanol–water partition coefficient (Wildman–Crippen LogP) is 2.07. The zero-order valence-electron chi connectivity index (χ0n) is 10.1. The summed E-state index contributed by atoms with van der Waals surface area (Å²) in [5.41, 5.74) is 0. The number of halogens is 1. The number of thioether (sulfide) groups is 1. The number of rotatable bonds is 4. The Bertz CT molecular complexity index is 353. The van der Waals surface area contributed by atoms with E-state index in [4.69, 9.17) is 11.6 Å². The Morgan fingerprint density at radius 3 is 2.82 bits per heavy atom.